The van der Waals surface area contributed by atoms with E-state index in [1.807, 2.05) is 144 Å². The van der Waals surface area contributed by atoms with Gasteiger partial charge >= 0.3 is 0 Å². The Bertz CT molecular complexity index is 7430. The standard InChI is InChI=1S/C116H94N14O12/c1-113(2,3)63-95(131)121-87-27-19-31-91(117-87)125-105(135)75-55-71(56-76(59-75)106(136)126-92-32-20-28-88(118-92)122-96(132)64-114(4,5)6)37-35-69-41-47-79(48-42-69)129-109(139)83-53-51-81-100-74(46-40-68-25-17-14-18-26-68)62-86-102-84(54-52-82(104(100)102)99-73(45-39-67-23-15-13-16-24-67)61-85(111(129)141)101(83)103(81)99)110(140)130(112(86)142)80-49-43-70(44-50-80)36-38-72-57-77(107(137)127-93-33-21-29-89(119-93)123-97(133)65-115(7,8)9)60-78(58-72)108(138)128-94-34-22-30-90(120-94)124-98(134)66-116(10,11)12/h13-34,41-44,47-62H,63-66H2,1-12H3,(H2,117,121,125,131,135)(H2,118,122,126,132,136)(H2,119,123,127,133,137)(H2,120,124,128,134,138). The lowest BCUT2D eigenvalue weighted by Gasteiger charge is -2.31. The quantitative estimate of drug-likeness (QED) is 0.0171. The van der Waals surface area contributed by atoms with E-state index in [1.165, 1.54) is 36.4 Å². The fourth-order valence-electron chi connectivity index (χ4n) is 16.8. The monoisotopic (exact) mass is 1870 g/mol. The van der Waals surface area contributed by atoms with Crippen LogP contribution in [0.15, 0.2) is 255 Å². The van der Waals surface area contributed by atoms with E-state index < -0.39 is 47.3 Å². The van der Waals surface area contributed by atoms with Crippen LogP contribution in [0.2, 0.25) is 0 Å². The third-order valence-corrected chi connectivity index (χ3v) is 22.7. The van der Waals surface area contributed by atoms with Crippen molar-refractivity contribution in [3.63, 3.8) is 0 Å². The highest BCUT2D eigenvalue weighted by Crippen LogP contribution is 2.50. The van der Waals surface area contributed by atoms with Crippen molar-refractivity contribution in [2.75, 3.05) is 52.3 Å². The number of nitrogens with zero attached hydrogens (tertiary/aromatic N) is 6. The van der Waals surface area contributed by atoms with Gasteiger partial charge in [-0.05, 0) is 214 Å². The highest BCUT2D eigenvalue weighted by atomic mass is 16.2. The predicted octanol–water partition coefficient (Wildman–Crippen LogP) is 21.0. The Morgan fingerprint density at radius 1 is 0.239 bits per heavy atom. The molecule has 2 aliphatic rings. The maximum Gasteiger partial charge on any atom is 0.266 e. The number of anilines is 10. The molecule has 0 bridgehead atoms. The number of rotatable bonds is 18. The van der Waals surface area contributed by atoms with Gasteiger partial charge in [0.05, 0.1) is 22.5 Å². The van der Waals surface area contributed by atoms with Crippen LogP contribution in [-0.4, -0.2) is 90.8 Å². The maximum absolute atomic E-state index is 15.8. The second-order valence-electron chi connectivity index (χ2n) is 39.4. The minimum Gasteiger partial charge on any atom is -0.311 e. The summed E-state index contributed by atoms with van der Waals surface area (Å²) in [5.74, 6) is 20.8. The van der Waals surface area contributed by atoms with E-state index in [2.05, 4.69) is 110 Å². The van der Waals surface area contributed by atoms with Gasteiger partial charge in [-0.1, -0.05) is 203 Å². The van der Waals surface area contributed by atoms with Gasteiger partial charge in [-0.3, -0.25) is 57.5 Å². The van der Waals surface area contributed by atoms with Gasteiger partial charge in [0.1, 0.15) is 46.5 Å². The van der Waals surface area contributed by atoms with Crippen LogP contribution in [-0.2, 0) is 19.2 Å². The summed E-state index contributed by atoms with van der Waals surface area (Å²) in [6.45, 7) is 23.2. The van der Waals surface area contributed by atoms with Crippen molar-refractivity contribution in [3.05, 3.63) is 344 Å². The summed E-state index contributed by atoms with van der Waals surface area (Å²) in [7, 11) is 0. The predicted molar refractivity (Wildman–Crippen MR) is 552 cm³/mol. The second kappa shape index (κ2) is 39.0. The molecule has 17 rings (SSSR count). The van der Waals surface area contributed by atoms with Crippen molar-refractivity contribution < 1.29 is 57.5 Å². The minimum absolute atomic E-state index is 0.00854. The van der Waals surface area contributed by atoms with Crippen molar-refractivity contribution >= 4 is 172 Å². The molecule has 0 saturated heterocycles. The van der Waals surface area contributed by atoms with Gasteiger partial charge in [-0.25, -0.2) is 29.7 Å². The SMILES string of the molecule is CC(C)(C)CC(=O)Nc1cccc(NC(=O)c2cc(C#Cc3ccc(N4C(=O)c5ccc6c7c(C#Cc8ccccc8)cc8c9c(ccc(c%10c(C#Cc%11ccccc%11)cc(c5c6%10)C4=O)c97)C(=O)N(c4ccc(C#Cc5cc(C(=O)Nc6cccc(NC(=O)CC(C)(C)C)n6)cc(C(=O)Nc6cccc(NC(=O)CC(C)(C)C)n6)c5)cc4)C8=O)cc3)cc(C(=O)Nc3cccc(NC(=O)CC(C)(C)C)n3)c2)n1. The average Bonchev–Trinajstić information content (AvgIpc) is 0.677. The summed E-state index contributed by atoms with van der Waals surface area (Å²) >= 11 is 0. The first kappa shape index (κ1) is 95.3. The number of imide groups is 2. The van der Waals surface area contributed by atoms with Crippen molar-refractivity contribution in [3.8, 4) is 47.4 Å². The first-order valence-electron chi connectivity index (χ1n) is 45.8. The fourth-order valence-corrected chi connectivity index (χ4v) is 16.8. The summed E-state index contributed by atoms with van der Waals surface area (Å²) in [5, 5.41) is 26.1. The molecule has 0 radical (unpaired) electrons. The zero-order valence-electron chi connectivity index (χ0n) is 79.7. The average molecular weight is 1880 g/mol. The molecule has 2 aliphatic heterocycles. The van der Waals surface area contributed by atoms with Crippen LogP contribution in [0.4, 0.5) is 57.9 Å². The summed E-state index contributed by atoms with van der Waals surface area (Å²) in [4.78, 5) is 192. The van der Waals surface area contributed by atoms with Gasteiger partial charge in [0, 0.05) is 136 Å². The molecule has 6 heterocycles. The fraction of sp³-hybridized carbons (Fsp3) is 0.172. The molecule has 0 spiro atoms. The molecule has 0 aliphatic carbocycles. The third kappa shape index (κ3) is 22.0. The molecule has 0 fully saturated rings. The number of benzene rings is 11. The zero-order chi connectivity index (χ0) is 100. The van der Waals surface area contributed by atoms with Gasteiger partial charge in [0.2, 0.25) is 23.6 Å². The van der Waals surface area contributed by atoms with Crippen LogP contribution >= 0.6 is 0 Å². The number of hydrogen-bond acceptors (Lipinski definition) is 16. The molecule has 4 aromatic heterocycles. The summed E-state index contributed by atoms with van der Waals surface area (Å²) in [5.41, 5.74) is 3.22. The molecule has 0 unspecified atom stereocenters. The highest BCUT2D eigenvalue weighted by Gasteiger charge is 2.40. The van der Waals surface area contributed by atoms with Crippen LogP contribution < -0.4 is 52.3 Å². The van der Waals surface area contributed by atoms with Crippen molar-refractivity contribution in [1.82, 2.24) is 19.9 Å². The lowest BCUT2D eigenvalue weighted by molar-refractivity contribution is -0.118. The van der Waals surface area contributed by atoms with E-state index in [0.717, 1.165) is 9.80 Å². The topological polar surface area (TPSA) is 359 Å². The summed E-state index contributed by atoms with van der Waals surface area (Å²) in [6.07, 6.45) is 0.852. The molecule has 15 aromatic rings. The van der Waals surface area contributed by atoms with Gasteiger partial charge in [-0.15, -0.1) is 0 Å². The summed E-state index contributed by atoms with van der Waals surface area (Å²) in [6, 6.07) is 69.5. The van der Waals surface area contributed by atoms with Gasteiger partial charge in [0.25, 0.3) is 47.3 Å². The summed E-state index contributed by atoms with van der Waals surface area (Å²) < 4.78 is 0. The lowest BCUT2D eigenvalue weighted by Crippen LogP contribution is -2.40. The number of hydrogen-bond donors (Lipinski definition) is 8. The number of carbonyl (C=O) groups is 12. The van der Waals surface area contributed by atoms with Gasteiger partial charge in [0.15, 0.2) is 0 Å². The maximum atomic E-state index is 15.8. The first-order chi connectivity index (χ1) is 67.7. The van der Waals surface area contributed by atoms with E-state index in [9.17, 15) is 38.4 Å². The molecule has 11 aromatic carbocycles. The minimum atomic E-state index is -0.668. The Hall–Kier alpha value is -18.4. The number of aromatic nitrogens is 4. The molecular weight excluding hydrogens is 1780 g/mol. The Labute approximate surface area is 818 Å². The van der Waals surface area contributed by atoms with E-state index in [0.29, 0.717) is 76.5 Å². The van der Waals surface area contributed by atoms with Crippen LogP contribution in [0.25, 0.3) is 43.1 Å². The Morgan fingerprint density at radius 3 is 0.761 bits per heavy atom. The first-order valence-corrected chi connectivity index (χ1v) is 45.8. The van der Waals surface area contributed by atoms with Crippen LogP contribution in [0.1, 0.15) is 236 Å². The Kier molecular flexibility index (Phi) is 26.2. The zero-order valence-corrected chi connectivity index (χ0v) is 79.7. The van der Waals surface area contributed by atoms with Crippen LogP contribution in [0, 0.1) is 69.0 Å². The molecule has 26 nitrogen and oxygen atoms in total. The van der Waals surface area contributed by atoms with Crippen LogP contribution in [0.5, 0.6) is 0 Å². The molecule has 0 saturated carbocycles. The molecule has 142 heavy (non-hydrogen) atoms. The number of fused-ring (bicyclic) bond motifs is 2. The normalized spacial score (nSPS) is 12.2. The smallest absolute Gasteiger partial charge is 0.266 e. The van der Waals surface area contributed by atoms with Crippen LogP contribution in [0.3, 0.4) is 0 Å². The van der Waals surface area contributed by atoms with E-state index >= 15 is 19.2 Å². The van der Waals surface area contributed by atoms with Crippen molar-refractivity contribution in [1.29, 1.82) is 0 Å². The number of pyridine rings is 4. The van der Waals surface area contributed by atoms with Crippen molar-refractivity contribution in [2.24, 2.45) is 21.7 Å². The van der Waals surface area contributed by atoms with E-state index in [1.54, 1.807) is 158 Å². The van der Waals surface area contributed by atoms with Gasteiger partial charge < -0.3 is 42.5 Å². The van der Waals surface area contributed by atoms with E-state index in [-0.39, 0.29) is 185 Å². The second-order valence-corrected chi connectivity index (χ2v) is 39.4. The van der Waals surface area contributed by atoms with Gasteiger partial charge in [-0.2, -0.15) is 0 Å². The molecule has 700 valence electrons. The number of amides is 12. The number of nitrogens with one attached hydrogen (secondary N) is 8. The molecular formula is C116H94N14O12. The highest BCUT2D eigenvalue weighted by molar-refractivity contribution is 6.46. The Morgan fingerprint density at radius 2 is 0.486 bits per heavy atom. The number of carbonyl (C=O) groups excluding carboxylic acids is 12. The lowest BCUT2D eigenvalue weighted by atomic mass is 9.79. The largest absolute Gasteiger partial charge is 0.311 e. The molecule has 0 atom stereocenters. The molecule has 26 heteroatoms. The molecule has 12 amide bonds. The Balaban J connectivity index is 0.698. The third-order valence-electron chi connectivity index (χ3n) is 22.7. The van der Waals surface area contributed by atoms with E-state index in [4.69, 9.17) is 0 Å². The van der Waals surface area contributed by atoms with Crippen molar-refractivity contribution in [2.45, 2.75) is 109 Å². The molecule has 8 N–H and O–H groups in total.